The Labute approximate surface area is 105 Å². The number of hydrogen-bond acceptors (Lipinski definition) is 3. The number of methoxy groups -OCH3 is 1. The lowest BCUT2D eigenvalue weighted by molar-refractivity contribution is -0.133. The average molecular weight is 240 g/mol. The van der Waals surface area contributed by atoms with Crippen molar-refractivity contribution in [1.82, 2.24) is 0 Å². The van der Waals surface area contributed by atoms with Crippen molar-refractivity contribution in [3.05, 3.63) is 59.7 Å². The van der Waals surface area contributed by atoms with Crippen molar-refractivity contribution in [2.75, 3.05) is 7.11 Å². The minimum atomic E-state index is -0.391. The van der Waals surface area contributed by atoms with E-state index in [0.717, 1.165) is 11.1 Å². The Hall–Kier alpha value is -2.29. The van der Waals surface area contributed by atoms with Crippen LogP contribution in [0.5, 0.6) is 11.5 Å². The highest BCUT2D eigenvalue weighted by Gasteiger charge is 2.35. The van der Waals surface area contributed by atoms with Crippen molar-refractivity contribution >= 4 is 5.97 Å². The van der Waals surface area contributed by atoms with Crippen molar-refractivity contribution in [3.63, 3.8) is 0 Å². The number of fused-ring (bicyclic) bond motifs is 1. The van der Waals surface area contributed by atoms with Crippen LogP contribution in [0, 0.1) is 0 Å². The Kier molecular flexibility index (Phi) is 2.52. The zero-order valence-corrected chi connectivity index (χ0v) is 9.92. The van der Waals surface area contributed by atoms with E-state index < -0.39 is 5.92 Å². The van der Waals surface area contributed by atoms with Crippen LogP contribution in [0.1, 0.15) is 17.0 Å². The molecule has 0 saturated carbocycles. The third-order valence-corrected chi connectivity index (χ3v) is 3.13. The summed E-state index contributed by atoms with van der Waals surface area (Å²) in [5, 5.41) is 0. The zero-order valence-electron chi connectivity index (χ0n) is 9.92. The quantitative estimate of drug-likeness (QED) is 0.598. The molecule has 90 valence electrons. The fraction of sp³-hybridized carbons (Fsp3) is 0.133. The second-order valence-corrected chi connectivity index (χ2v) is 4.13. The highest BCUT2D eigenvalue weighted by Crippen LogP contribution is 2.41. The van der Waals surface area contributed by atoms with Gasteiger partial charge in [-0.15, -0.1) is 0 Å². The van der Waals surface area contributed by atoms with Gasteiger partial charge >= 0.3 is 5.97 Å². The third kappa shape index (κ3) is 1.56. The summed E-state index contributed by atoms with van der Waals surface area (Å²) in [6.07, 6.45) is 0. The summed E-state index contributed by atoms with van der Waals surface area (Å²) in [6, 6.07) is 15.0. The maximum atomic E-state index is 12.0. The maximum Gasteiger partial charge on any atom is 0.323 e. The van der Waals surface area contributed by atoms with Gasteiger partial charge in [-0.2, -0.15) is 0 Å². The van der Waals surface area contributed by atoms with Gasteiger partial charge in [-0.25, -0.2) is 0 Å². The number of ether oxygens (including phenoxy) is 2. The number of esters is 1. The van der Waals surface area contributed by atoms with Gasteiger partial charge in [0.05, 0.1) is 7.11 Å². The Morgan fingerprint density at radius 2 is 1.67 bits per heavy atom. The van der Waals surface area contributed by atoms with Crippen LogP contribution >= 0.6 is 0 Å². The van der Waals surface area contributed by atoms with Crippen molar-refractivity contribution in [2.45, 2.75) is 5.92 Å². The van der Waals surface area contributed by atoms with E-state index >= 15 is 0 Å². The number of carbonyl (C=O) groups excluding carboxylic acids is 1. The molecule has 1 heterocycles. The lowest BCUT2D eigenvalue weighted by atomic mass is 9.92. The van der Waals surface area contributed by atoms with Crippen LogP contribution in [0.25, 0.3) is 0 Å². The van der Waals surface area contributed by atoms with Crippen LogP contribution in [0.4, 0.5) is 0 Å². The fourth-order valence-corrected chi connectivity index (χ4v) is 2.31. The zero-order chi connectivity index (χ0) is 12.5. The van der Waals surface area contributed by atoms with Gasteiger partial charge in [0.15, 0.2) is 0 Å². The van der Waals surface area contributed by atoms with E-state index in [0.29, 0.717) is 11.5 Å². The van der Waals surface area contributed by atoms with Crippen molar-refractivity contribution < 1.29 is 14.3 Å². The molecule has 0 N–H and O–H groups in total. The molecular weight excluding hydrogens is 228 g/mol. The molecule has 0 aliphatic carbocycles. The van der Waals surface area contributed by atoms with Gasteiger partial charge in [0, 0.05) is 11.1 Å². The lowest BCUT2D eigenvalue weighted by Gasteiger charge is -2.12. The summed E-state index contributed by atoms with van der Waals surface area (Å²) < 4.78 is 10.6. The van der Waals surface area contributed by atoms with Crippen LogP contribution in [0.15, 0.2) is 48.5 Å². The van der Waals surface area contributed by atoms with Gasteiger partial charge in [0.25, 0.3) is 0 Å². The monoisotopic (exact) mass is 240 g/mol. The van der Waals surface area contributed by atoms with Gasteiger partial charge in [-0.05, 0) is 12.1 Å². The lowest BCUT2D eigenvalue weighted by Crippen LogP contribution is -2.12. The molecule has 1 unspecified atom stereocenters. The summed E-state index contributed by atoms with van der Waals surface area (Å²) >= 11 is 0. The first-order valence-corrected chi connectivity index (χ1v) is 5.75. The predicted octanol–water partition coefficient (Wildman–Crippen LogP) is 2.75. The van der Waals surface area contributed by atoms with Gasteiger partial charge in [-0.3, -0.25) is 4.79 Å². The first-order chi connectivity index (χ1) is 8.81. The smallest absolute Gasteiger partial charge is 0.323 e. The molecule has 1 atom stereocenters. The van der Waals surface area contributed by atoms with Crippen molar-refractivity contribution in [1.29, 1.82) is 0 Å². The summed E-state index contributed by atoms with van der Waals surface area (Å²) in [5.41, 5.74) is 1.74. The molecular formula is C15H12O3. The molecule has 1 aliphatic rings. The molecule has 0 bridgehead atoms. The van der Waals surface area contributed by atoms with E-state index in [2.05, 4.69) is 0 Å². The summed E-state index contributed by atoms with van der Waals surface area (Å²) in [6.45, 7) is 0. The standard InChI is InChI=1S/C15H12O3/c1-17-12-8-4-2-6-10(12)14-11-7-3-5-9-13(11)18-15(14)16/h2-9,14H,1H3. The average Bonchev–Trinajstić information content (AvgIpc) is 2.74. The van der Waals surface area contributed by atoms with Gasteiger partial charge < -0.3 is 9.47 Å². The number of hydrogen-bond donors (Lipinski definition) is 0. The Morgan fingerprint density at radius 3 is 2.44 bits per heavy atom. The molecule has 18 heavy (non-hydrogen) atoms. The first-order valence-electron chi connectivity index (χ1n) is 5.75. The normalized spacial score (nSPS) is 17.2. The maximum absolute atomic E-state index is 12.0. The van der Waals surface area contributed by atoms with E-state index in [1.54, 1.807) is 7.11 Å². The largest absolute Gasteiger partial charge is 0.496 e. The van der Waals surface area contributed by atoms with E-state index in [4.69, 9.17) is 9.47 Å². The molecule has 1 aliphatic heterocycles. The minimum absolute atomic E-state index is 0.249. The molecule has 2 aromatic carbocycles. The number of carbonyl (C=O) groups is 1. The minimum Gasteiger partial charge on any atom is -0.496 e. The number of benzene rings is 2. The molecule has 0 radical (unpaired) electrons. The third-order valence-electron chi connectivity index (χ3n) is 3.13. The van der Waals surface area contributed by atoms with Crippen molar-refractivity contribution in [3.8, 4) is 11.5 Å². The van der Waals surface area contributed by atoms with Crippen LogP contribution in [0.2, 0.25) is 0 Å². The highest BCUT2D eigenvalue weighted by atomic mass is 16.5. The molecule has 3 heteroatoms. The van der Waals surface area contributed by atoms with E-state index in [9.17, 15) is 4.79 Å². The number of rotatable bonds is 2. The van der Waals surface area contributed by atoms with Gasteiger partial charge in [0.2, 0.25) is 0 Å². The Balaban J connectivity index is 2.15. The summed E-state index contributed by atoms with van der Waals surface area (Å²) in [4.78, 5) is 12.0. The SMILES string of the molecule is COc1ccccc1C1C(=O)Oc2ccccc21. The molecule has 2 aromatic rings. The van der Waals surface area contributed by atoms with Crippen LogP contribution < -0.4 is 9.47 Å². The first kappa shape index (κ1) is 10.8. The van der Waals surface area contributed by atoms with Crippen molar-refractivity contribution in [2.24, 2.45) is 0 Å². The summed E-state index contributed by atoms with van der Waals surface area (Å²) in [5.74, 6) is 0.701. The predicted molar refractivity (Wildman–Crippen MR) is 66.9 cm³/mol. The molecule has 3 nitrogen and oxygen atoms in total. The van der Waals surface area contributed by atoms with E-state index in [1.807, 2.05) is 48.5 Å². The Bertz CT molecular complexity index is 604. The molecule has 3 rings (SSSR count). The fourth-order valence-electron chi connectivity index (χ4n) is 2.31. The molecule has 0 amide bonds. The molecule has 0 saturated heterocycles. The Morgan fingerprint density at radius 1 is 1.00 bits per heavy atom. The van der Waals surface area contributed by atoms with Crippen LogP contribution in [-0.2, 0) is 4.79 Å². The van der Waals surface area contributed by atoms with E-state index in [1.165, 1.54) is 0 Å². The summed E-state index contributed by atoms with van der Waals surface area (Å²) in [7, 11) is 1.60. The molecule has 0 aromatic heterocycles. The topological polar surface area (TPSA) is 35.5 Å². The van der Waals surface area contributed by atoms with Gasteiger partial charge in [0.1, 0.15) is 17.4 Å². The molecule has 0 fully saturated rings. The highest BCUT2D eigenvalue weighted by molar-refractivity contribution is 5.90. The van der Waals surface area contributed by atoms with Crippen LogP contribution in [0.3, 0.4) is 0 Å². The second kappa shape index (κ2) is 4.18. The van der Waals surface area contributed by atoms with E-state index in [-0.39, 0.29) is 5.97 Å². The molecule has 0 spiro atoms. The second-order valence-electron chi connectivity index (χ2n) is 4.13. The van der Waals surface area contributed by atoms with Gasteiger partial charge in [-0.1, -0.05) is 36.4 Å². The number of para-hydroxylation sites is 2. The van der Waals surface area contributed by atoms with Crippen LogP contribution in [-0.4, -0.2) is 13.1 Å².